The van der Waals surface area contributed by atoms with E-state index < -0.39 is 23.8 Å². The lowest BCUT2D eigenvalue weighted by molar-refractivity contribution is -0.141. The molecule has 3 rings (SSSR count). The minimum absolute atomic E-state index is 0.130. The van der Waals surface area contributed by atoms with Crippen LogP contribution in [-0.4, -0.2) is 35.1 Å². The Morgan fingerprint density at radius 2 is 2.23 bits per heavy atom. The molecule has 1 fully saturated rings. The number of hydrogen-bond acceptors (Lipinski definition) is 5. The number of methoxy groups -OCH3 is 1. The number of carbonyl (C=O) groups excluding carboxylic acids is 1. The zero-order valence-electron chi connectivity index (χ0n) is 11.6. The average Bonchev–Trinajstić information content (AvgIpc) is 3.18. The molecule has 1 saturated carbocycles. The molecule has 0 aliphatic heterocycles. The summed E-state index contributed by atoms with van der Waals surface area (Å²) in [7, 11) is 1.22. The number of nitrogens with zero attached hydrogens (tertiary/aromatic N) is 2. The van der Waals surface area contributed by atoms with E-state index in [2.05, 4.69) is 25.8 Å². The van der Waals surface area contributed by atoms with Gasteiger partial charge in [0, 0.05) is 10.9 Å². The molecule has 0 bridgehead atoms. The van der Waals surface area contributed by atoms with Crippen molar-refractivity contribution in [3.8, 4) is 5.88 Å². The highest BCUT2D eigenvalue weighted by Gasteiger charge is 2.41. The van der Waals surface area contributed by atoms with Crippen molar-refractivity contribution in [2.75, 3.05) is 7.11 Å². The van der Waals surface area contributed by atoms with Gasteiger partial charge in [-0.2, -0.15) is 0 Å². The summed E-state index contributed by atoms with van der Waals surface area (Å²) in [5, 5.41) is 4.85. The van der Waals surface area contributed by atoms with E-state index in [0.717, 1.165) is 9.15 Å². The van der Waals surface area contributed by atoms with Gasteiger partial charge in [0.25, 0.3) is 5.56 Å². The van der Waals surface area contributed by atoms with Crippen molar-refractivity contribution in [3.05, 3.63) is 33.0 Å². The molecule has 0 amide bonds. The Morgan fingerprint density at radius 1 is 1.50 bits per heavy atom. The molecule has 0 saturated heterocycles. The molecular formula is C14H12BrFN2O4. The first-order valence-electron chi connectivity index (χ1n) is 6.57. The van der Waals surface area contributed by atoms with Gasteiger partial charge in [0.2, 0.25) is 5.88 Å². The molecule has 1 heterocycles. The number of fused-ring (bicyclic) bond motifs is 1. The molecule has 0 unspecified atom stereocenters. The minimum Gasteiger partial charge on any atom is -0.470 e. The second-order valence-electron chi connectivity index (χ2n) is 4.94. The van der Waals surface area contributed by atoms with E-state index in [0.29, 0.717) is 17.2 Å². The topological polar surface area (TPSA) is 70.4 Å². The highest BCUT2D eigenvalue weighted by atomic mass is 79.9. The normalized spacial score (nSPS) is 20.0. The molecule has 0 N–H and O–H groups in total. The first kappa shape index (κ1) is 15.0. The first-order valence-corrected chi connectivity index (χ1v) is 7.37. The molecule has 2 aromatic rings. The number of carbonyl (C=O) groups is 1. The summed E-state index contributed by atoms with van der Waals surface area (Å²) in [5.74, 6) is -0.475. The third-order valence-corrected chi connectivity index (χ3v) is 3.81. The van der Waals surface area contributed by atoms with Crippen LogP contribution in [0.3, 0.4) is 0 Å². The third kappa shape index (κ3) is 2.83. The Morgan fingerprint density at radius 3 is 2.86 bits per heavy atom. The summed E-state index contributed by atoms with van der Waals surface area (Å²) >= 11 is 3.31. The van der Waals surface area contributed by atoms with Crippen molar-refractivity contribution in [1.82, 2.24) is 9.78 Å². The van der Waals surface area contributed by atoms with Gasteiger partial charge in [-0.25, -0.2) is 9.07 Å². The van der Waals surface area contributed by atoms with Gasteiger partial charge in [-0.3, -0.25) is 9.59 Å². The van der Waals surface area contributed by atoms with Crippen LogP contribution in [0.25, 0.3) is 10.8 Å². The number of rotatable bonds is 4. The Hall–Kier alpha value is -1.96. The molecule has 1 aromatic heterocycles. The van der Waals surface area contributed by atoms with Gasteiger partial charge >= 0.3 is 5.97 Å². The van der Waals surface area contributed by atoms with Crippen molar-refractivity contribution in [3.63, 3.8) is 0 Å². The van der Waals surface area contributed by atoms with Crippen LogP contribution in [-0.2, 0) is 16.1 Å². The fourth-order valence-corrected chi connectivity index (χ4v) is 2.38. The van der Waals surface area contributed by atoms with Gasteiger partial charge in [-0.15, -0.1) is 5.10 Å². The van der Waals surface area contributed by atoms with E-state index >= 15 is 0 Å². The Kier molecular flexibility index (Phi) is 3.86. The molecule has 116 valence electrons. The quantitative estimate of drug-likeness (QED) is 0.767. The zero-order chi connectivity index (χ0) is 15.9. The number of hydrogen-bond donors (Lipinski definition) is 0. The van der Waals surface area contributed by atoms with Crippen LogP contribution in [0.4, 0.5) is 4.39 Å². The van der Waals surface area contributed by atoms with Gasteiger partial charge in [0.1, 0.15) is 18.8 Å². The van der Waals surface area contributed by atoms with Crippen molar-refractivity contribution in [1.29, 1.82) is 0 Å². The lowest BCUT2D eigenvalue weighted by Crippen LogP contribution is -2.28. The van der Waals surface area contributed by atoms with E-state index in [-0.39, 0.29) is 12.4 Å². The molecule has 1 aliphatic carbocycles. The highest BCUT2D eigenvalue weighted by Crippen LogP contribution is 2.33. The van der Waals surface area contributed by atoms with Gasteiger partial charge in [-0.05, 0) is 18.2 Å². The standard InChI is InChI=1S/C14H12BrFN2O4/c1-21-12(19)6-18-14(20)8-3-2-7(15)4-9(8)13(17-18)22-11-5-10(11)16/h2-4,10-11H,5-6H2,1H3/t10-,11-/m0/s1. The predicted molar refractivity (Wildman–Crippen MR) is 79.6 cm³/mol. The van der Waals surface area contributed by atoms with Crippen LogP contribution >= 0.6 is 15.9 Å². The second-order valence-corrected chi connectivity index (χ2v) is 5.86. The van der Waals surface area contributed by atoms with Crippen LogP contribution in [0.5, 0.6) is 5.88 Å². The molecular weight excluding hydrogens is 359 g/mol. The van der Waals surface area contributed by atoms with Gasteiger partial charge in [0.15, 0.2) is 0 Å². The van der Waals surface area contributed by atoms with Crippen LogP contribution in [0.1, 0.15) is 6.42 Å². The molecule has 8 heteroatoms. The summed E-state index contributed by atoms with van der Waals surface area (Å²) in [6.45, 7) is -0.332. The van der Waals surface area contributed by atoms with Crippen molar-refractivity contribution in [2.45, 2.75) is 25.2 Å². The van der Waals surface area contributed by atoms with E-state index in [1.54, 1.807) is 18.2 Å². The molecule has 6 nitrogen and oxygen atoms in total. The number of esters is 1. The average molecular weight is 371 g/mol. The number of benzene rings is 1. The zero-order valence-corrected chi connectivity index (χ0v) is 13.2. The minimum atomic E-state index is -1.02. The summed E-state index contributed by atoms with van der Waals surface area (Å²) in [6, 6.07) is 4.98. The van der Waals surface area contributed by atoms with E-state index in [1.165, 1.54) is 7.11 Å². The number of ether oxygens (including phenoxy) is 2. The van der Waals surface area contributed by atoms with Crippen LogP contribution in [0, 0.1) is 0 Å². The predicted octanol–water partition coefficient (Wildman–Crippen LogP) is 1.82. The maximum absolute atomic E-state index is 13.1. The smallest absolute Gasteiger partial charge is 0.327 e. The Balaban J connectivity index is 2.12. The molecule has 22 heavy (non-hydrogen) atoms. The Bertz CT molecular complexity index is 807. The van der Waals surface area contributed by atoms with E-state index in [1.807, 2.05) is 0 Å². The first-order chi connectivity index (χ1) is 10.5. The summed E-state index contributed by atoms with van der Waals surface area (Å²) in [6.07, 6.45) is -1.28. The molecule has 0 spiro atoms. The fraction of sp³-hybridized carbons (Fsp3) is 0.357. The fourth-order valence-electron chi connectivity index (χ4n) is 2.02. The summed E-state index contributed by atoms with van der Waals surface area (Å²) < 4.78 is 24.8. The molecule has 1 aromatic carbocycles. The van der Waals surface area contributed by atoms with E-state index in [9.17, 15) is 14.0 Å². The van der Waals surface area contributed by atoms with Crippen LogP contribution < -0.4 is 10.3 Å². The third-order valence-electron chi connectivity index (χ3n) is 3.32. The van der Waals surface area contributed by atoms with Crippen LogP contribution in [0.2, 0.25) is 0 Å². The SMILES string of the molecule is COC(=O)Cn1nc(O[C@H]2C[C@@H]2F)c2cc(Br)ccc2c1=O. The molecule has 1 aliphatic rings. The largest absolute Gasteiger partial charge is 0.470 e. The molecule has 2 atom stereocenters. The van der Waals surface area contributed by atoms with Crippen molar-refractivity contribution in [2.24, 2.45) is 0 Å². The summed E-state index contributed by atoms with van der Waals surface area (Å²) in [5.41, 5.74) is -0.437. The van der Waals surface area contributed by atoms with Gasteiger partial charge in [0.05, 0.1) is 17.9 Å². The maximum Gasteiger partial charge on any atom is 0.327 e. The van der Waals surface area contributed by atoms with E-state index in [4.69, 9.17) is 4.74 Å². The number of halogens is 2. The van der Waals surface area contributed by atoms with Crippen molar-refractivity contribution >= 4 is 32.7 Å². The lowest BCUT2D eigenvalue weighted by atomic mass is 10.2. The van der Waals surface area contributed by atoms with Crippen molar-refractivity contribution < 1.29 is 18.7 Å². The Labute approximate surface area is 132 Å². The maximum atomic E-state index is 13.1. The van der Waals surface area contributed by atoms with Crippen LogP contribution in [0.15, 0.2) is 27.5 Å². The number of aromatic nitrogens is 2. The second kappa shape index (κ2) is 5.68. The van der Waals surface area contributed by atoms with Gasteiger partial charge < -0.3 is 9.47 Å². The molecule has 0 radical (unpaired) electrons. The van der Waals surface area contributed by atoms with Gasteiger partial charge in [-0.1, -0.05) is 15.9 Å². The number of alkyl halides is 1. The monoisotopic (exact) mass is 370 g/mol. The summed E-state index contributed by atoms with van der Waals surface area (Å²) in [4.78, 5) is 23.7. The highest BCUT2D eigenvalue weighted by molar-refractivity contribution is 9.10. The lowest BCUT2D eigenvalue weighted by Gasteiger charge is -2.11.